The average Bonchev–Trinajstić information content (AvgIpc) is 3.32. The second-order valence-electron chi connectivity index (χ2n) is 9.94. The molecule has 0 aliphatic carbocycles. The number of alkyl halides is 1. The van der Waals surface area contributed by atoms with E-state index in [0.29, 0.717) is 23.9 Å². The van der Waals surface area contributed by atoms with E-state index in [4.69, 9.17) is 0 Å². The molecule has 0 amide bonds. The number of hydrogen-bond donors (Lipinski definition) is 0. The summed E-state index contributed by atoms with van der Waals surface area (Å²) in [5.74, 6) is 0.576. The standard InChI is InChI=1S/C27H33F3N4/c1-15(2)19-12-21(30)27-23(13-19)33(16(3)4)24(31-27)9-7-8-18-10-20(29)26-22(11-18)34(17(5)6)25(14-28)32-26/h10-13,15-17H,7-9,14H2,1-6H3. The molecule has 0 N–H and O–H groups in total. The smallest absolute Gasteiger partial charge is 0.151 e. The van der Waals surface area contributed by atoms with E-state index in [-0.39, 0.29) is 35.2 Å². The fourth-order valence-corrected chi connectivity index (χ4v) is 4.83. The summed E-state index contributed by atoms with van der Waals surface area (Å²) in [5, 5.41) is 0. The van der Waals surface area contributed by atoms with Crippen LogP contribution in [0.4, 0.5) is 13.2 Å². The summed E-state index contributed by atoms with van der Waals surface area (Å²) in [6, 6.07) is 7.12. The molecule has 2 aromatic carbocycles. The van der Waals surface area contributed by atoms with Crippen LogP contribution in [-0.4, -0.2) is 19.1 Å². The lowest BCUT2D eigenvalue weighted by atomic mass is 10.0. The molecule has 0 saturated heterocycles. The molecule has 0 fully saturated rings. The van der Waals surface area contributed by atoms with Crippen molar-refractivity contribution in [1.82, 2.24) is 19.1 Å². The van der Waals surface area contributed by atoms with Gasteiger partial charge in [-0.3, -0.25) is 0 Å². The zero-order valence-corrected chi connectivity index (χ0v) is 20.8. The molecule has 2 aromatic heterocycles. The third kappa shape index (κ3) is 4.32. The Labute approximate surface area is 198 Å². The molecule has 0 radical (unpaired) electrons. The highest BCUT2D eigenvalue weighted by Crippen LogP contribution is 2.29. The number of benzene rings is 2. The van der Waals surface area contributed by atoms with E-state index in [1.165, 1.54) is 6.07 Å². The lowest BCUT2D eigenvalue weighted by Crippen LogP contribution is -2.07. The first-order chi connectivity index (χ1) is 16.1. The fourth-order valence-electron chi connectivity index (χ4n) is 4.83. The second kappa shape index (κ2) is 9.43. The lowest BCUT2D eigenvalue weighted by Gasteiger charge is -2.14. The first kappa shape index (κ1) is 24.3. The van der Waals surface area contributed by atoms with Crippen molar-refractivity contribution in [3.63, 3.8) is 0 Å². The number of imidazole rings is 2. The molecule has 0 atom stereocenters. The first-order valence-corrected chi connectivity index (χ1v) is 12.1. The maximum Gasteiger partial charge on any atom is 0.151 e. The molecule has 0 aliphatic heterocycles. The number of aromatic nitrogens is 4. The van der Waals surface area contributed by atoms with E-state index < -0.39 is 12.5 Å². The Morgan fingerprint density at radius 2 is 1.29 bits per heavy atom. The van der Waals surface area contributed by atoms with Gasteiger partial charge in [0.2, 0.25) is 0 Å². The Morgan fingerprint density at radius 3 is 1.88 bits per heavy atom. The number of aryl methyl sites for hydroxylation is 2. The Bertz CT molecular complexity index is 1330. The zero-order chi connectivity index (χ0) is 24.7. The van der Waals surface area contributed by atoms with Crippen LogP contribution in [0.5, 0.6) is 0 Å². The van der Waals surface area contributed by atoms with E-state index in [9.17, 15) is 13.2 Å². The molecule has 182 valence electrons. The highest BCUT2D eigenvalue weighted by atomic mass is 19.1. The Kier molecular flexibility index (Phi) is 6.74. The van der Waals surface area contributed by atoms with Crippen LogP contribution in [0.3, 0.4) is 0 Å². The van der Waals surface area contributed by atoms with Crippen LogP contribution in [0.1, 0.15) is 88.7 Å². The second-order valence-corrected chi connectivity index (χ2v) is 9.94. The van der Waals surface area contributed by atoms with Crippen LogP contribution in [0.25, 0.3) is 22.1 Å². The van der Waals surface area contributed by atoms with Gasteiger partial charge in [0.05, 0.1) is 11.0 Å². The van der Waals surface area contributed by atoms with Gasteiger partial charge in [0.1, 0.15) is 29.4 Å². The van der Waals surface area contributed by atoms with Crippen LogP contribution in [0.15, 0.2) is 24.3 Å². The van der Waals surface area contributed by atoms with Crippen molar-refractivity contribution in [2.45, 2.75) is 85.5 Å². The van der Waals surface area contributed by atoms with E-state index >= 15 is 0 Å². The maximum atomic E-state index is 14.8. The molecule has 4 aromatic rings. The Hall–Kier alpha value is -2.83. The van der Waals surface area contributed by atoms with E-state index in [1.807, 2.05) is 26.0 Å². The van der Waals surface area contributed by atoms with Crippen molar-refractivity contribution in [1.29, 1.82) is 0 Å². The average molecular weight is 471 g/mol. The molecule has 4 nitrogen and oxygen atoms in total. The van der Waals surface area contributed by atoms with Crippen LogP contribution in [-0.2, 0) is 19.5 Å². The fraction of sp³-hybridized carbons (Fsp3) is 0.481. The maximum absolute atomic E-state index is 14.8. The number of fused-ring (bicyclic) bond motifs is 2. The number of hydrogen-bond acceptors (Lipinski definition) is 2. The van der Waals surface area contributed by atoms with Gasteiger partial charge >= 0.3 is 0 Å². The van der Waals surface area contributed by atoms with Crippen LogP contribution in [0, 0.1) is 11.6 Å². The summed E-state index contributed by atoms with van der Waals surface area (Å²) in [6.07, 6.45) is 2.00. The first-order valence-electron chi connectivity index (χ1n) is 12.1. The predicted molar refractivity (Wildman–Crippen MR) is 131 cm³/mol. The third-order valence-corrected chi connectivity index (χ3v) is 6.41. The number of halogens is 3. The molecule has 2 heterocycles. The van der Waals surface area contributed by atoms with Gasteiger partial charge < -0.3 is 9.13 Å². The number of rotatable bonds is 8. The zero-order valence-electron chi connectivity index (χ0n) is 20.8. The minimum absolute atomic E-state index is 0.0259. The van der Waals surface area contributed by atoms with Gasteiger partial charge in [0, 0.05) is 18.5 Å². The van der Waals surface area contributed by atoms with Crippen molar-refractivity contribution in [2.75, 3.05) is 0 Å². The van der Waals surface area contributed by atoms with Crippen molar-refractivity contribution < 1.29 is 13.2 Å². The van der Waals surface area contributed by atoms with Gasteiger partial charge in [-0.25, -0.2) is 23.1 Å². The van der Waals surface area contributed by atoms with E-state index in [1.54, 1.807) is 10.6 Å². The largest absolute Gasteiger partial charge is 0.325 e. The molecule has 7 heteroatoms. The Balaban J connectivity index is 1.63. The molecule has 0 bridgehead atoms. The van der Waals surface area contributed by atoms with Crippen molar-refractivity contribution in [3.05, 3.63) is 58.7 Å². The van der Waals surface area contributed by atoms with Gasteiger partial charge in [0.25, 0.3) is 0 Å². The van der Waals surface area contributed by atoms with Gasteiger partial charge in [-0.15, -0.1) is 0 Å². The summed E-state index contributed by atoms with van der Waals surface area (Å²) >= 11 is 0. The summed E-state index contributed by atoms with van der Waals surface area (Å²) in [6.45, 7) is 11.4. The SMILES string of the molecule is CC(C)c1cc(F)c2nc(CCCc3cc(F)c4nc(CF)n(C(C)C)c4c3)n(C(C)C)c2c1. The monoisotopic (exact) mass is 470 g/mol. The molecule has 4 rings (SSSR count). The Morgan fingerprint density at radius 1 is 0.735 bits per heavy atom. The lowest BCUT2D eigenvalue weighted by molar-refractivity contribution is 0.437. The molecule has 0 saturated carbocycles. The summed E-state index contributed by atoms with van der Waals surface area (Å²) in [5.41, 5.74) is 3.84. The third-order valence-electron chi connectivity index (χ3n) is 6.41. The summed E-state index contributed by atoms with van der Waals surface area (Å²) in [7, 11) is 0. The van der Waals surface area contributed by atoms with Gasteiger partial charge in [0.15, 0.2) is 11.6 Å². The summed E-state index contributed by atoms with van der Waals surface area (Å²) in [4.78, 5) is 8.81. The topological polar surface area (TPSA) is 35.6 Å². The van der Waals surface area contributed by atoms with Crippen LogP contribution < -0.4 is 0 Å². The molecule has 0 spiro atoms. The normalized spacial score (nSPS) is 12.4. The van der Waals surface area contributed by atoms with Crippen molar-refractivity contribution in [2.24, 2.45) is 0 Å². The number of nitrogens with zero attached hydrogens (tertiary/aromatic N) is 4. The summed E-state index contributed by atoms with van der Waals surface area (Å²) < 4.78 is 46.9. The molecule has 0 aliphatic rings. The van der Waals surface area contributed by atoms with Gasteiger partial charge in [-0.1, -0.05) is 13.8 Å². The van der Waals surface area contributed by atoms with E-state index in [0.717, 1.165) is 28.9 Å². The van der Waals surface area contributed by atoms with Crippen LogP contribution >= 0.6 is 0 Å². The molecular weight excluding hydrogens is 437 g/mol. The molecular formula is C27H33F3N4. The predicted octanol–water partition coefficient (Wildman–Crippen LogP) is 7.59. The van der Waals surface area contributed by atoms with Crippen molar-refractivity contribution in [3.8, 4) is 0 Å². The molecule has 0 unspecified atom stereocenters. The highest BCUT2D eigenvalue weighted by molar-refractivity contribution is 5.79. The van der Waals surface area contributed by atoms with E-state index in [2.05, 4.69) is 42.2 Å². The minimum Gasteiger partial charge on any atom is -0.325 e. The molecule has 34 heavy (non-hydrogen) atoms. The minimum atomic E-state index is -0.734. The quantitative estimate of drug-likeness (QED) is 0.266. The van der Waals surface area contributed by atoms with Gasteiger partial charge in [-0.2, -0.15) is 0 Å². The highest BCUT2D eigenvalue weighted by Gasteiger charge is 2.19. The van der Waals surface area contributed by atoms with Crippen LogP contribution in [0.2, 0.25) is 0 Å². The van der Waals surface area contributed by atoms with Gasteiger partial charge in [-0.05, 0) is 81.8 Å². The van der Waals surface area contributed by atoms with Crippen molar-refractivity contribution >= 4 is 22.1 Å².